The molecule has 0 atom stereocenters. The molecule has 0 heterocycles. The molecule has 1 aromatic rings. The summed E-state index contributed by atoms with van der Waals surface area (Å²) in [6, 6.07) is 1.76. The number of nitrogens with two attached hydrogens (primary N) is 1. The van der Waals surface area contributed by atoms with E-state index in [1.165, 1.54) is 6.19 Å². The molecule has 1 aromatic carbocycles. The molecule has 0 unspecified atom stereocenters. The second kappa shape index (κ2) is 5.23. The molecular formula is C11H9F2N3O2. The molecule has 5 nitrogen and oxygen atoms in total. The number of halogens is 2. The number of amides is 2. The van der Waals surface area contributed by atoms with Crippen LogP contribution in [0.5, 0.6) is 0 Å². The Labute approximate surface area is 101 Å². The van der Waals surface area contributed by atoms with Crippen molar-refractivity contribution in [2.45, 2.75) is 6.42 Å². The fourth-order valence-corrected chi connectivity index (χ4v) is 1.33. The van der Waals surface area contributed by atoms with Crippen LogP contribution < -0.4 is 5.73 Å². The average Bonchev–Trinajstić information content (AvgIpc) is 2.32. The van der Waals surface area contributed by atoms with Crippen molar-refractivity contribution in [3.8, 4) is 6.19 Å². The molecule has 1 rings (SSSR count). The van der Waals surface area contributed by atoms with Crippen LogP contribution in [0, 0.1) is 23.1 Å². The van der Waals surface area contributed by atoms with E-state index in [0.717, 1.165) is 19.2 Å². The Bertz CT molecular complexity index is 552. The molecule has 0 aliphatic heterocycles. The van der Waals surface area contributed by atoms with Gasteiger partial charge in [-0.2, -0.15) is 5.26 Å². The number of carbonyl (C=O) groups excluding carboxylic acids is 2. The van der Waals surface area contributed by atoms with Crippen LogP contribution in [0.25, 0.3) is 0 Å². The number of hydrogen-bond donors (Lipinski definition) is 1. The predicted molar refractivity (Wildman–Crippen MR) is 57.0 cm³/mol. The Kier molecular flexibility index (Phi) is 3.94. The molecule has 0 bridgehead atoms. The number of primary amides is 1. The van der Waals surface area contributed by atoms with Crippen LogP contribution in [-0.4, -0.2) is 23.8 Å². The fourth-order valence-electron chi connectivity index (χ4n) is 1.33. The third-order valence-corrected chi connectivity index (χ3v) is 2.22. The molecule has 0 aromatic heterocycles. The zero-order valence-corrected chi connectivity index (χ0v) is 9.41. The van der Waals surface area contributed by atoms with Gasteiger partial charge in [0.2, 0.25) is 5.91 Å². The van der Waals surface area contributed by atoms with E-state index in [1.54, 1.807) is 0 Å². The smallest absolute Gasteiger partial charge is 0.269 e. The van der Waals surface area contributed by atoms with Gasteiger partial charge < -0.3 is 5.73 Å². The third-order valence-electron chi connectivity index (χ3n) is 2.22. The lowest BCUT2D eigenvalue weighted by Crippen LogP contribution is -2.24. The Morgan fingerprint density at radius 3 is 2.56 bits per heavy atom. The van der Waals surface area contributed by atoms with Crippen molar-refractivity contribution in [1.29, 1.82) is 5.26 Å². The summed E-state index contributed by atoms with van der Waals surface area (Å²) in [5.41, 5.74) is 3.78. The first-order valence-corrected chi connectivity index (χ1v) is 4.81. The zero-order chi connectivity index (χ0) is 13.9. The number of carbonyl (C=O) groups is 2. The van der Waals surface area contributed by atoms with Gasteiger partial charge >= 0.3 is 0 Å². The van der Waals surface area contributed by atoms with E-state index >= 15 is 0 Å². The molecule has 0 saturated heterocycles. The summed E-state index contributed by atoms with van der Waals surface area (Å²) in [6.07, 6.45) is 0.839. The lowest BCUT2D eigenvalue weighted by atomic mass is 10.0. The van der Waals surface area contributed by atoms with E-state index in [1.807, 2.05) is 0 Å². The molecule has 94 valence electrons. The maximum absolute atomic E-state index is 13.8. The van der Waals surface area contributed by atoms with Crippen molar-refractivity contribution in [2.24, 2.45) is 5.73 Å². The summed E-state index contributed by atoms with van der Waals surface area (Å²) in [5, 5.41) is 8.51. The van der Waals surface area contributed by atoms with Crippen molar-refractivity contribution < 1.29 is 18.4 Å². The lowest BCUT2D eigenvalue weighted by molar-refractivity contribution is -0.117. The lowest BCUT2D eigenvalue weighted by Gasteiger charge is -2.10. The van der Waals surface area contributed by atoms with Gasteiger partial charge in [0.1, 0.15) is 11.6 Å². The summed E-state index contributed by atoms with van der Waals surface area (Å²) in [7, 11) is 1.14. The molecule has 7 heteroatoms. The van der Waals surface area contributed by atoms with E-state index < -0.39 is 41.0 Å². The molecule has 0 spiro atoms. The first kappa shape index (κ1) is 13.6. The van der Waals surface area contributed by atoms with Crippen LogP contribution in [0.1, 0.15) is 15.9 Å². The van der Waals surface area contributed by atoms with Gasteiger partial charge in [-0.25, -0.2) is 13.7 Å². The van der Waals surface area contributed by atoms with E-state index in [-0.39, 0.29) is 0 Å². The van der Waals surface area contributed by atoms with Gasteiger partial charge in [0.25, 0.3) is 5.91 Å². The van der Waals surface area contributed by atoms with Crippen molar-refractivity contribution in [3.05, 3.63) is 34.9 Å². The minimum absolute atomic E-state index is 0.489. The van der Waals surface area contributed by atoms with Crippen LogP contribution >= 0.6 is 0 Å². The number of nitriles is 1. The molecule has 0 aliphatic rings. The minimum Gasteiger partial charge on any atom is -0.369 e. The first-order chi connectivity index (χ1) is 8.38. The third kappa shape index (κ3) is 2.60. The second-order valence-electron chi connectivity index (χ2n) is 3.49. The monoisotopic (exact) mass is 253 g/mol. The maximum atomic E-state index is 13.8. The SMILES string of the molecule is CN(C#N)C(=O)c1ccc(F)c(CC(N)=O)c1F. The minimum atomic E-state index is -1.18. The number of benzene rings is 1. The molecule has 2 N–H and O–H groups in total. The Hall–Kier alpha value is -2.49. The summed E-state index contributed by atoms with van der Waals surface area (Å²) >= 11 is 0. The van der Waals surface area contributed by atoms with Gasteiger partial charge in [-0.05, 0) is 12.1 Å². The topological polar surface area (TPSA) is 87.2 Å². The van der Waals surface area contributed by atoms with E-state index in [9.17, 15) is 18.4 Å². The zero-order valence-electron chi connectivity index (χ0n) is 9.41. The average molecular weight is 253 g/mol. The van der Waals surface area contributed by atoms with Gasteiger partial charge in [0, 0.05) is 12.6 Å². The van der Waals surface area contributed by atoms with E-state index in [4.69, 9.17) is 11.0 Å². The van der Waals surface area contributed by atoms with Crippen molar-refractivity contribution in [1.82, 2.24) is 4.90 Å². The van der Waals surface area contributed by atoms with Crippen molar-refractivity contribution >= 4 is 11.8 Å². The highest BCUT2D eigenvalue weighted by Crippen LogP contribution is 2.18. The Morgan fingerprint density at radius 1 is 1.44 bits per heavy atom. The quantitative estimate of drug-likeness (QED) is 0.630. The van der Waals surface area contributed by atoms with E-state index in [0.29, 0.717) is 4.90 Å². The highest BCUT2D eigenvalue weighted by Gasteiger charge is 2.21. The summed E-state index contributed by atoms with van der Waals surface area (Å²) < 4.78 is 27.1. The molecule has 0 saturated carbocycles. The van der Waals surface area contributed by atoms with Crippen molar-refractivity contribution in [2.75, 3.05) is 7.05 Å². The Morgan fingerprint density at radius 2 is 2.06 bits per heavy atom. The highest BCUT2D eigenvalue weighted by molar-refractivity contribution is 5.95. The van der Waals surface area contributed by atoms with Crippen LogP contribution in [0.4, 0.5) is 8.78 Å². The van der Waals surface area contributed by atoms with Crippen LogP contribution in [0.3, 0.4) is 0 Å². The summed E-state index contributed by atoms with van der Waals surface area (Å²) in [5.74, 6) is -4.00. The molecule has 0 aliphatic carbocycles. The highest BCUT2D eigenvalue weighted by atomic mass is 19.1. The number of rotatable bonds is 3. The summed E-state index contributed by atoms with van der Waals surface area (Å²) in [4.78, 5) is 22.8. The molecule has 18 heavy (non-hydrogen) atoms. The summed E-state index contributed by atoms with van der Waals surface area (Å²) in [6.45, 7) is 0. The standard InChI is InChI=1S/C11H9F2N3O2/c1-16(5-14)11(18)6-2-3-8(12)7(10(6)13)4-9(15)17/h2-3H,4H2,1H3,(H2,15,17). The van der Waals surface area contributed by atoms with Gasteiger partial charge in [-0.3, -0.25) is 9.59 Å². The Balaban J connectivity index is 3.29. The normalized spacial score (nSPS) is 9.67. The van der Waals surface area contributed by atoms with Gasteiger partial charge in [0.15, 0.2) is 6.19 Å². The number of hydrogen-bond acceptors (Lipinski definition) is 3. The van der Waals surface area contributed by atoms with Gasteiger partial charge in [0.05, 0.1) is 12.0 Å². The van der Waals surface area contributed by atoms with Gasteiger partial charge in [-0.1, -0.05) is 0 Å². The van der Waals surface area contributed by atoms with Crippen LogP contribution in [-0.2, 0) is 11.2 Å². The molecule has 2 amide bonds. The second-order valence-corrected chi connectivity index (χ2v) is 3.49. The largest absolute Gasteiger partial charge is 0.369 e. The molecular weight excluding hydrogens is 244 g/mol. The number of nitrogens with zero attached hydrogens (tertiary/aromatic N) is 2. The fraction of sp³-hybridized carbons (Fsp3) is 0.182. The van der Waals surface area contributed by atoms with Crippen molar-refractivity contribution in [3.63, 3.8) is 0 Å². The van der Waals surface area contributed by atoms with Crippen LogP contribution in [0.15, 0.2) is 12.1 Å². The van der Waals surface area contributed by atoms with E-state index in [2.05, 4.69) is 0 Å². The van der Waals surface area contributed by atoms with Gasteiger partial charge in [-0.15, -0.1) is 0 Å². The molecule has 0 fully saturated rings. The van der Waals surface area contributed by atoms with Crippen LogP contribution in [0.2, 0.25) is 0 Å². The first-order valence-electron chi connectivity index (χ1n) is 4.81. The predicted octanol–water partition coefficient (Wildman–Crippen LogP) is 0.546. The molecule has 0 radical (unpaired) electrons. The maximum Gasteiger partial charge on any atom is 0.269 e.